The maximum absolute atomic E-state index is 5.57. The monoisotopic (exact) mass is 247 g/mol. The van der Waals surface area contributed by atoms with Crippen molar-refractivity contribution in [2.75, 3.05) is 13.2 Å². The molecule has 0 aliphatic rings. The molecule has 1 rings (SSSR count). The highest BCUT2D eigenvalue weighted by atomic mass is 16.5. The van der Waals surface area contributed by atoms with Gasteiger partial charge in [-0.15, -0.1) is 0 Å². The maximum atomic E-state index is 5.57. The van der Waals surface area contributed by atoms with Gasteiger partial charge in [-0.2, -0.15) is 0 Å². The lowest BCUT2D eigenvalue weighted by atomic mass is 10.1. The molecule has 101 valence electrons. The SMILES string of the molecule is [CH2]CCCCOCCCCCCc1ccccc1. The van der Waals surface area contributed by atoms with Crippen LogP contribution in [0.4, 0.5) is 0 Å². The second kappa shape index (κ2) is 11.3. The minimum atomic E-state index is 0.916. The van der Waals surface area contributed by atoms with Crippen LogP contribution in [0.3, 0.4) is 0 Å². The molecule has 1 nitrogen and oxygen atoms in total. The van der Waals surface area contributed by atoms with Crippen LogP contribution in [-0.2, 0) is 11.2 Å². The third-order valence-electron chi connectivity index (χ3n) is 3.14. The normalized spacial score (nSPS) is 10.7. The van der Waals surface area contributed by atoms with Crippen LogP contribution < -0.4 is 0 Å². The molecule has 0 aliphatic heterocycles. The predicted molar refractivity (Wildman–Crippen MR) is 78.6 cm³/mol. The molecule has 0 amide bonds. The van der Waals surface area contributed by atoms with Crippen LogP contribution in [0.2, 0.25) is 0 Å². The molecule has 0 heterocycles. The number of benzene rings is 1. The Kier molecular flexibility index (Phi) is 9.55. The highest BCUT2D eigenvalue weighted by Gasteiger charge is 1.94. The van der Waals surface area contributed by atoms with E-state index in [1.165, 1.54) is 44.1 Å². The van der Waals surface area contributed by atoms with Crippen molar-refractivity contribution in [1.29, 1.82) is 0 Å². The summed E-state index contributed by atoms with van der Waals surface area (Å²) >= 11 is 0. The van der Waals surface area contributed by atoms with Crippen molar-refractivity contribution in [3.63, 3.8) is 0 Å². The molecule has 0 bridgehead atoms. The Morgan fingerprint density at radius 1 is 0.778 bits per heavy atom. The molecular formula is C17H27O. The molecule has 0 fully saturated rings. The van der Waals surface area contributed by atoms with E-state index in [0.717, 1.165) is 26.1 Å². The first-order chi connectivity index (χ1) is 8.93. The van der Waals surface area contributed by atoms with Gasteiger partial charge in [0.25, 0.3) is 0 Å². The van der Waals surface area contributed by atoms with E-state index in [4.69, 9.17) is 4.74 Å². The van der Waals surface area contributed by atoms with Crippen molar-refractivity contribution in [2.45, 2.75) is 51.4 Å². The largest absolute Gasteiger partial charge is 0.381 e. The van der Waals surface area contributed by atoms with E-state index in [1.54, 1.807) is 0 Å². The van der Waals surface area contributed by atoms with Crippen LogP contribution >= 0.6 is 0 Å². The molecule has 0 unspecified atom stereocenters. The second-order valence-electron chi connectivity index (χ2n) is 4.82. The zero-order chi connectivity index (χ0) is 12.9. The third-order valence-corrected chi connectivity index (χ3v) is 3.14. The van der Waals surface area contributed by atoms with Gasteiger partial charge >= 0.3 is 0 Å². The fourth-order valence-electron chi connectivity index (χ4n) is 2.01. The Hall–Kier alpha value is -0.820. The van der Waals surface area contributed by atoms with E-state index >= 15 is 0 Å². The zero-order valence-electron chi connectivity index (χ0n) is 11.6. The fraction of sp³-hybridized carbons (Fsp3) is 0.588. The molecule has 0 spiro atoms. The van der Waals surface area contributed by atoms with Crippen LogP contribution in [0.5, 0.6) is 0 Å². The van der Waals surface area contributed by atoms with Crippen molar-refractivity contribution in [1.82, 2.24) is 0 Å². The summed E-state index contributed by atoms with van der Waals surface area (Å²) < 4.78 is 5.57. The quantitative estimate of drug-likeness (QED) is 0.510. The van der Waals surface area contributed by atoms with Crippen LogP contribution in [0.25, 0.3) is 0 Å². The zero-order valence-corrected chi connectivity index (χ0v) is 11.6. The summed E-state index contributed by atoms with van der Waals surface area (Å²) in [6, 6.07) is 10.7. The summed E-state index contributed by atoms with van der Waals surface area (Å²) in [5, 5.41) is 0. The van der Waals surface area contributed by atoms with Crippen LogP contribution in [0.15, 0.2) is 30.3 Å². The summed E-state index contributed by atoms with van der Waals surface area (Å²) in [7, 11) is 0. The van der Waals surface area contributed by atoms with Gasteiger partial charge in [-0.3, -0.25) is 0 Å². The van der Waals surface area contributed by atoms with E-state index in [1.807, 2.05) is 0 Å². The number of ether oxygens (including phenoxy) is 1. The van der Waals surface area contributed by atoms with E-state index in [9.17, 15) is 0 Å². The smallest absolute Gasteiger partial charge is 0.0466 e. The summed E-state index contributed by atoms with van der Waals surface area (Å²) in [6.45, 7) is 5.67. The number of hydrogen-bond acceptors (Lipinski definition) is 1. The van der Waals surface area contributed by atoms with Gasteiger partial charge in [0.1, 0.15) is 0 Å². The van der Waals surface area contributed by atoms with Gasteiger partial charge in [0.15, 0.2) is 0 Å². The van der Waals surface area contributed by atoms with Gasteiger partial charge in [-0.05, 0) is 31.2 Å². The molecule has 1 radical (unpaired) electrons. The first-order valence-electron chi connectivity index (χ1n) is 7.34. The first kappa shape index (κ1) is 15.2. The van der Waals surface area contributed by atoms with Crippen molar-refractivity contribution in [3.8, 4) is 0 Å². The molecule has 1 aromatic carbocycles. The van der Waals surface area contributed by atoms with E-state index < -0.39 is 0 Å². The fourth-order valence-corrected chi connectivity index (χ4v) is 2.01. The predicted octanol–water partition coefficient (Wildman–Crippen LogP) is 4.81. The molecule has 0 aliphatic carbocycles. The highest BCUT2D eigenvalue weighted by Crippen LogP contribution is 2.07. The van der Waals surface area contributed by atoms with Gasteiger partial charge in [0, 0.05) is 13.2 Å². The molecule has 1 heteroatoms. The summed E-state index contributed by atoms with van der Waals surface area (Å²) in [5.41, 5.74) is 1.46. The highest BCUT2D eigenvalue weighted by molar-refractivity contribution is 5.14. The number of aryl methyl sites for hydroxylation is 1. The Morgan fingerprint density at radius 2 is 1.44 bits per heavy atom. The molecule has 18 heavy (non-hydrogen) atoms. The van der Waals surface area contributed by atoms with Gasteiger partial charge in [-0.1, -0.05) is 62.9 Å². The number of rotatable bonds is 11. The minimum Gasteiger partial charge on any atom is -0.381 e. The van der Waals surface area contributed by atoms with E-state index in [-0.39, 0.29) is 0 Å². The second-order valence-corrected chi connectivity index (χ2v) is 4.82. The van der Waals surface area contributed by atoms with Crippen LogP contribution in [0.1, 0.15) is 50.5 Å². The van der Waals surface area contributed by atoms with Crippen LogP contribution in [0, 0.1) is 6.92 Å². The van der Waals surface area contributed by atoms with Gasteiger partial charge in [-0.25, -0.2) is 0 Å². The van der Waals surface area contributed by atoms with Crippen molar-refractivity contribution >= 4 is 0 Å². The molecule has 0 N–H and O–H groups in total. The summed E-state index contributed by atoms with van der Waals surface area (Å²) in [5.74, 6) is 0. The topological polar surface area (TPSA) is 9.23 Å². The first-order valence-corrected chi connectivity index (χ1v) is 7.34. The molecule has 1 aromatic rings. The Balaban J connectivity index is 1.82. The standard InChI is InChI=1S/C17H27O/c1-2-3-10-15-18-16-11-5-4-7-12-17-13-8-6-9-14-17/h6,8-9,13-14H,1-5,7,10-12,15-16H2. The van der Waals surface area contributed by atoms with E-state index in [2.05, 4.69) is 37.3 Å². The number of hydrogen-bond donors (Lipinski definition) is 0. The average Bonchev–Trinajstić information content (AvgIpc) is 2.42. The Morgan fingerprint density at radius 3 is 2.17 bits per heavy atom. The Bertz CT molecular complexity index is 268. The van der Waals surface area contributed by atoms with Crippen molar-refractivity contribution in [2.24, 2.45) is 0 Å². The molecule has 0 atom stereocenters. The van der Waals surface area contributed by atoms with E-state index in [0.29, 0.717) is 0 Å². The van der Waals surface area contributed by atoms with Gasteiger partial charge in [0.2, 0.25) is 0 Å². The lowest BCUT2D eigenvalue weighted by Gasteiger charge is -2.04. The lowest BCUT2D eigenvalue weighted by molar-refractivity contribution is 0.126. The third kappa shape index (κ3) is 8.30. The maximum Gasteiger partial charge on any atom is 0.0466 e. The lowest BCUT2D eigenvalue weighted by Crippen LogP contribution is -1.97. The van der Waals surface area contributed by atoms with Gasteiger partial charge in [0.05, 0.1) is 0 Å². The minimum absolute atomic E-state index is 0.916. The average molecular weight is 247 g/mol. The number of unbranched alkanes of at least 4 members (excludes halogenated alkanes) is 5. The summed E-state index contributed by atoms with van der Waals surface area (Å²) in [4.78, 5) is 0. The molecule has 0 aromatic heterocycles. The van der Waals surface area contributed by atoms with Crippen LogP contribution in [-0.4, -0.2) is 13.2 Å². The molecular weight excluding hydrogens is 220 g/mol. The Labute approximate surface area is 113 Å². The van der Waals surface area contributed by atoms with Gasteiger partial charge < -0.3 is 4.74 Å². The van der Waals surface area contributed by atoms with Crippen molar-refractivity contribution in [3.05, 3.63) is 42.8 Å². The molecule has 0 saturated heterocycles. The van der Waals surface area contributed by atoms with Crippen molar-refractivity contribution < 1.29 is 4.74 Å². The summed E-state index contributed by atoms with van der Waals surface area (Å²) in [6.07, 6.45) is 9.71. The molecule has 0 saturated carbocycles.